The lowest BCUT2D eigenvalue weighted by atomic mass is 10.3. The standard InChI is InChI=1S/C13H11ClO3S/c1-17-11-3-2-4-13(9-11)18(15,16)12-7-5-10(14)6-8-12/h2-9H,1H3. The maximum Gasteiger partial charge on any atom is 0.206 e. The topological polar surface area (TPSA) is 43.4 Å². The highest BCUT2D eigenvalue weighted by molar-refractivity contribution is 7.91. The first kappa shape index (κ1) is 12.9. The van der Waals surface area contributed by atoms with E-state index in [1.807, 2.05) is 0 Å². The Morgan fingerprint density at radius 1 is 1.00 bits per heavy atom. The van der Waals surface area contributed by atoms with E-state index in [2.05, 4.69) is 0 Å². The minimum Gasteiger partial charge on any atom is -0.497 e. The molecule has 0 unspecified atom stereocenters. The van der Waals surface area contributed by atoms with Crippen LogP contribution in [0.1, 0.15) is 0 Å². The van der Waals surface area contributed by atoms with Crippen LogP contribution in [0.5, 0.6) is 5.75 Å². The SMILES string of the molecule is COc1cccc(S(=O)(=O)c2ccc(Cl)cc2)c1. The number of halogens is 1. The Hall–Kier alpha value is -1.52. The van der Waals surface area contributed by atoms with Crippen molar-refractivity contribution in [1.82, 2.24) is 0 Å². The molecule has 0 aliphatic heterocycles. The normalized spacial score (nSPS) is 11.2. The van der Waals surface area contributed by atoms with Crippen LogP contribution < -0.4 is 4.74 Å². The molecule has 0 N–H and O–H groups in total. The van der Waals surface area contributed by atoms with Crippen LogP contribution in [0, 0.1) is 0 Å². The fraction of sp³-hybridized carbons (Fsp3) is 0.0769. The van der Waals surface area contributed by atoms with Gasteiger partial charge in [0, 0.05) is 5.02 Å². The fourth-order valence-corrected chi connectivity index (χ4v) is 2.94. The van der Waals surface area contributed by atoms with Crippen LogP contribution >= 0.6 is 11.6 Å². The summed E-state index contributed by atoms with van der Waals surface area (Å²) >= 11 is 5.74. The van der Waals surface area contributed by atoms with Crippen molar-refractivity contribution in [2.24, 2.45) is 0 Å². The predicted molar refractivity (Wildman–Crippen MR) is 69.9 cm³/mol. The minimum absolute atomic E-state index is 0.198. The second kappa shape index (κ2) is 5.00. The van der Waals surface area contributed by atoms with Crippen molar-refractivity contribution in [1.29, 1.82) is 0 Å². The van der Waals surface area contributed by atoms with Crippen molar-refractivity contribution in [3.63, 3.8) is 0 Å². The second-order valence-electron chi connectivity index (χ2n) is 3.64. The van der Waals surface area contributed by atoms with Crippen LogP contribution in [0.15, 0.2) is 58.3 Å². The minimum atomic E-state index is -3.53. The summed E-state index contributed by atoms with van der Waals surface area (Å²) in [5.41, 5.74) is 0. The van der Waals surface area contributed by atoms with E-state index in [1.165, 1.54) is 31.4 Å². The number of methoxy groups -OCH3 is 1. The summed E-state index contributed by atoms with van der Waals surface area (Å²) in [4.78, 5) is 0.407. The summed E-state index contributed by atoms with van der Waals surface area (Å²) in [5.74, 6) is 0.505. The summed E-state index contributed by atoms with van der Waals surface area (Å²) in [5, 5.41) is 0.500. The molecule has 0 saturated carbocycles. The Morgan fingerprint density at radius 2 is 1.67 bits per heavy atom. The van der Waals surface area contributed by atoms with Gasteiger partial charge in [0.15, 0.2) is 0 Å². The highest BCUT2D eigenvalue weighted by atomic mass is 35.5. The van der Waals surface area contributed by atoms with E-state index >= 15 is 0 Å². The lowest BCUT2D eigenvalue weighted by Crippen LogP contribution is -2.01. The van der Waals surface area contributed by atoms with Crippen molar-refractivity contribution in [3.8, 4) is 5.75 Å². The summed E-state index contributed by atoms with van der Waals surface area (Å²) in [6, 6.07) is 12.4. The Bertz CT molecular complexity index is 648. The van der Waals surface area contributed by atoms with E-state index in [1.54, 1.807) is 24.3 Å². The molecule has 2 aromatic rings. The third-order valence-electron chi connectivity index (χ3n) is 2.48. The number of hydrogen-bond acceptors (Lipinski definition) is 3. The summed E-state index contributed by atoms with van der Waals surface area (Å²) in [6.45, 7) is 0. The van der Waals surface area contributed by atoms with E-state index in [0.717, 1.165) is 0 Å². The molecule has 2 aromatic carbocycles. The molecule has 0 heterocycles. The maximum atomic E-state index is 12.3. The van der Waals surface area contributed by atoms with Crippen molar-refractivity contribution in [2.75, 3.05) is 7.11 Å². The molecule has 18 heavy (non-hydrogen) atoms. The van der Waals surface area contributed by atoms with Crippen LogP contribution in [0.3, 0.4) is 0 Å². The monoisotopic (exact) mass is 282 g/mol. The average Bonchev–Trinajstić information content (AvgIpc) is 2.39. The first-order valence-corrected chi connectivity index (χ1v) is 7.05. The number of sulfone groups is 1. The highest BCUT2D eigenvalue weighted by Crippen LogP contribution is 2.25. The fourth-order valence-electron chi connectivity index (χ4n) is 1.52. The number of hydrogen-bond donors (Lipinski definition) is 0. The molecule has 3 nitrogen and oxygen atoms in total. The average molecular weight is 283 g/mol. The molecule has 0 bridgehead atoms. The Kier molecular flexibility index (Phi) is 3.59. The molecule has 0 amide bonds. The molecule has 94 valence electrons. The number of rotatable bonds is 3. The third kappa shape index (κ3) is 2.49. The molecule has 0 saturated heterocycles. The largest absolute Gasteiger partial charge is 0.497 e. The van der Waals surface area contributed by atoms with Crippen molar-refractivity contribution in [3.05, 3.63) is 53.6 Å². The van der Waals surface area contributed by atoms with Gasteiger partial charge in [0.1, 0.15) is 5.75 Å². The molecule has 0 aliphatic carbocycles. The van der Waals surface area contributed by atoms with Gasteiger partial charge in [-0.05, 0) is 42.5 Å². The quantitative estimate of drug-likeness (QED) is 0.868. The van der Waals surface area contributed by atoms with Gasteiger partial charge >= 0.3 is 0 Å². The van der Waals surface area contributed by atoms with Crippen LogP contribution in [-0.4, -0.2) is 15.5 Å². The molecule has 2 rings (SSSR count). The molecule has 0 atom stereocenters. The van der Waals surface area contributed by atoms with Gasteiger partial charge in [-0.3, -0.25) is 0 Å². The smallest absolute Gasteiger partial charge is 0.206 e. The Balaban J connectivity index is 2.50. The van der Waals surface area contributed by atoms with Gasteiger partial charge in [-0.15, -0.1) is 0 Å². The van der Waals surface area contributed by atoms with Gasteiger partial charge in [-0.25, -0.2) is 8.42 Å². The zero-order chi connectivity index (χ0) is 13.2. The van der Waals surface area contributed by atoms with Gasteiger partial charge in [-0.2, -0.15) is 0 Å². The molecule has 5 heteroatoms. The first-order chi connectivity index (χ1) is 8.54. The molecular weight excluding hydrogens is 272 g/mol. The lowest BCUT2D eigenvalue weighted by Gasteiger charge is -2.06. The summed E-state index contributed by atoms with van der Waals surface area (Å²) in [6.07, 6.45) is 0. The molecule has 0 radical (unpaired) electrons. The van der Waals surface area contributed by atoms with Crippen LogP contribution in [-0.2, 0) is 9.84 Å². The Morgan fingerprint density at radius 3 is 2.28 bits per heavy atom. The van der Waals surface area contributed by atoms with Gasteiger partial charge in [0.2, 0.25) is 9.84 Å². The third-order valence-corrected chi connectivity index (χ3v) is 4.49. The van der Waals surface area contributed by atoms with Gasteiger partial charge in [0.05, 0.1) is 16.9 Å². The summed E-state index contributed by atoms with van der Waals surface area (Å²) in [7, 11) is -2.03. The second-order valence-corrected chi connectivity index (χ2v) is 6.02. The van der Waals surface area contributed by atoms with Gasteiger partial charge < -0.3 is 4.74 Å². The molecule has 0 aromatic heterocycles. The van der Waals surface area contributed by atoms with Crippen LogP contribution in [0.4, 0.5) is 0 Å². The molecule has 0 aliphatic rings. The number of ether oxygens (including phenoxy) is 1. The van der Waals surface area contributed by atoms with Crippen LogP contribution in [0.25, 0.3) is 0 Å². The Labute approximate surface area is 111 Å². The summed E-state index contributed by atoms with van der Waals surface area (Å²) < 4.78 is 29.6. The zero-order valence-electron chi connectivity index (χ0n) is 9.63. The van der Waals surface area contributed by atoms with E-state index in [9.17, 15) is 8.42 Å². The number of benzene rings is 2. The van der Waals surface area contributed by atoms with Gasteiger partial charge in [-0.1, -0.05) is 17.7 Å². The van der Waals surface area contributed by atoms with Crippen molar-refractivity contribution in [2.45, 2.75) is 9.79 Å². The van der Waals surface area contributed by atoms with Crippen molar-refractivity contribution < 1.29 is 13.2 Å². The maximum absolute atomic E-state index is 12.3. The highest BCUT2D eigenvalue weighted by Gasteiger charge is 2.17. The van der Waals surface area contributed by atoms with E-state index in [0.29, 0.717) is 10.8 Å². The molecular formula is C13H11ClO3S. The lowest BCUT2D eigenvalue weighted by molar-refractivity contribution is 0.413. The molecule has 0 fully saturated rings. The zero-order valence-corrected chi connectivity index (χ0v) is 11.2. The van der Waals surface area contributed by atoms with Crippen LogP contribution in [0.2, 0.25) is 5.02 Å². The molecule has 0 spiro atoms. The van der Waals surface area contributed by atoms with E-state index in [-0.39, 0.29) is 9.79 Å². The first-order valence-electron chi connectivity index (χ1n) is 5.19. The predicted octanol–water partition coefficient (Wildman–Crippen LogP) is 3.18. The van der Waals surface area contributed by atoms with E-state index in [4.69, 9.17) is 16.3 Å². The van der Waals surface area contributed by atoms with E-state index < -0.39 is 9.84 Å². The van der Waals surface area contributed by atoms with Crippen molar-refractivity contribution >= 4 is 21.4 Å². The van der Waals surface area contributed by atoms with Gasteiger partial charge in [0.25, 0.3) is 0 Å².